The molecular formula is C27H24BrNO4. The molecule has 3 aromatic rings. The average Bonchev–Trinajstić information content (AvgIpc) is 2.91. The first-order chi connectivity index (χ1) is 15.9. The van der Waals surface area contributed by atoms with E-state index in [1.54, 1.807) is 18.0 Å². The molecular weight excluding hydrogens is 482 g/mol. The fourth-order valence-electron chi connectivity index (χ4n) is 3.67. The predicted molar refractivity (Wildman–Crippen MR) is 130 cm³/mol. The van der Waals surface area contributed by atoms with Crippen molar-refractivity contribution in [3.8, 4) is 5.75 Å². The fourth-order valence-corrected chi connectivity index (χ4v) is 4.12. The molecule has 0 N–H and O–H groups in total. The molecule has 3 aromatic carbocycles. The molecule has 0 aromatic heterocycles. The molecule has 0 unspecified atom stereocenters. The summed E-state index contributed by atoms with van der Waals surface area (Å²) in [7, 11) is 1.69. The summed E-state index contributed by atoms with van der Waals surface area (Å²) in [5, 5.41) is 0. The van der Waals surface area contributed by atoms with Crippen molar-refractivity contribution in [3.05, 3.63) is 106 Å². The highest BCUT2D eigenvalue weighted by molar-refractivity contribution is 9.10. The number of amides is 1. The average molecular weight is 506 g/mol. The number of ether oxygens (including phenoxy) is 2. The second-order valence-corrected chi connectivity index (χ2v) is 8.85. The molecule has 33 heavy (non-hydrogen) atoms. The SMILES string of the molecule is C[C@H]1[C@@H](c2ccccc2)OC(=O)/C(=C/c2ccc(OCc3cccc(Br)c3)cc2)C(=O)N1C. The van der Waals surface area contributed by atoms with Crippen LogP contribution in [0, 0.1) is 0 Å². The molecule has 0 spiro atoms. The third-order valence-corrected chi connectivity index (χ3v) is 6.16. The number of esters is 1. The van der Waals surface area contributed by atoms with E-state index >= 15 is 0 Å². The van der Waals surface area contributed by atoms with E-state index < -0.39 is 12.1 Å². The lowest BCUT2D eigenvalue weighted by Crippen LogP contribution is -2.37. The van der Waals surface area contributed by atoms with Gasteiger partial charge in [-0.05, 0) is 54.0 Å². The summed E-state index contributed by atoms with van der Waals surface area (Å²) in [6, 6.07) is 24.3. The van der Waals surface area contributed by atoms with Crippen LogP contribution in [-0.4, -0.2) is 29.9 Å². The van der Waals surface area contributed by atoms with Gasteiger partial charge >= 0.3 is 5.97 Å². The van der Waals surface area contributed by atoms with Crippen molar-refractivity contribution in [2.24, 2.45) is 0 Å². The van der Waals surface area contributed by atoms with E-state index in [2.05, 4.69) is 15.9 Å². The number of hydrogen-bond acceptors (Lipinski definition) is 4. The first-order valence-electron chi connectivity index (χ1n) is 10.6. The maximum Gasteiger partial charge on any atom is 0.344 e. The van der Waals surface area contributed by atoms with Gasteiger partial charge in [0.1, 0.15) is 24.0 Å². The first-order valence-corrected chi connectivity index (χ1v) is 11.4. The standard InChI is InChI=1S/C27H24BrNO4/c1-18-25(21-8-4-3-5-9-21)33-27(31)24(26(30)29(18)2)16-19-11-13-23(14-12-19)32-17-20-7-6-10-22(28)15-20/h3-16,18,25H,17H2,1-2H3/b24-16+/t18-,25-/m0/s1. The quantitative estimate of drug-likeness (QED) is 0.259. The first kappa shape index (κ1) is 22.8. The van der Waals surface area contributed by atoms with Gasteiger partial charge in [-0.15, -0.1) is 0 Å². The van der Waals surface area contributed by atoms with Crippen LogP contribution in [0.3, 0.4) is 0 Å². The van der Waals surface area contributed by atoms with Crippen LogP contribution >= 0.6 is 15.9 Å². The van der Waals surface area contributed by atoms with Crippen molar-refractivity contribution in [2.75, 3.05) is 7.05 Å². The van der Waals surface area contributed by atoms with Crippen molar-refractivity contribution < 1.29 is 19.1 Å². The normalized spacial score (nSPS) is 19.8. The Morgan fingerprint density at radius 1 is 1.00 bits per heavy atom. The Labute approximate surface area is 201 Å². The molecule has 1 saturated heterocycles. The van der Waals surface area contributed by atoms with Crippen molar-refractivity contribution in [3.63, 3.8) is 0 Å². The topological polar surface area (TPSA) is 55.8 Å². The molecule has 6 heteroatoms. The van der Waals surface area contributed by atoms with E-state index in [4.69, 9.17) is 9.47 Å². The van der Waals surface area contributed by atoms with Gasteiger partial charge in [-0.1, -0.05) is 70.5 Å². The Morgan fingerprint density at radius 2 is 1.73 bits per heavy atom. The summed E-state index contributed by atoms with van der Waals surface area (Å²) in [6.45, 7) is 2.32. The van der Waals surface area contributed by atoms with Crippen LogP contribution in [0.25, 0.3) is 6.08 Å². The lowest BCUT2D eigenvalue weighted by Gasteiger charge is -2.28. The van der Waals surface area contributed by atoms with Gasteiger partial charge in [0.25, 0.3) is 5.91 Å². The zero-order valence-corrected chi connectivity index (χ0v) is 20.0. The highest BCUT2D eigenvalue weighted by Gasteiger charge is 2.37. The van der Waals surface area contributed by atoms with Crippen LogP contribution in [0.4, 0.5) is 0 Å². The van der Waals surface area contributed by atoms with Gasteiger partial charge in [0.2, 0.25) is 0 Å². The highest BCUT2D eigenvalue weighted by atomic mass is 79.9. The molecule has 0 aliphatic carbocycles. The minimum atomic E-state index is -0.625. The van der Waals surface area contributed by atoms with Crippen LogP contribution in [0.5, 0.6) is 5.75 Å². The summed E-state index contributed by atoms with van der Waals surface area (Å²) >= 11 is 3.45. The molecule has 1 aliphatic heterocycles. The smallest absolute Gasteiger partial charge is 0.344 e. The van der Waals surface area contributed by atoms with Crippen molar-refractivity contribution in [2.45, 2.75) is 25.7 Å². The zero-order chi connectivity index (χ0) is 23.4. The number of nitrogens with zero attached hydrogens (tertiary/aromatic N) is 1. The van der Waals surface area contributed by atoms with Gasteiger partial charge in [-0.2, -0.15) is 0 Å². The molecule has 5 nitrogen and oxygen atoms in total. The third-order valence-electron chi connectivity index (χ3n) is 5.67. The summed E-state index contributed by atoms with van der Waals surface area (Å²) < 4.78 is 12.6. The molecule has 4 rings (SSSR count). The maximum atomic E-state index is 13.0. The fraction of sp³-hybridized carbons (Fsp3) is 0.185. The number of carbonyl (C=O) groups is 2. The van der Waals surface area contributed by atoms with Crippen molar-refractivity contribution >= 4 is 33.9 Å². The molecule has 2 atom stereocenters. The molecule has 168 valence electrons. The van der Waals surface area contributed by atoms with E-state index in [1.165, 1.54) is 0 Å². The van der Waals surface area contributed by atoms with Gasteiger partial charge in [-0.3, -0.25) is 4.79 Å². The predicted octanol–water partition coefficient (Wildman–Crippen LogP) is 5.56. The molecule has 0 bridgehead atoms. The van der Waals surface area contributed by atoms with E-state index in [0.29, 0.717) is 17.9 Å². The lowest BCUT2D eigenvalue weighted by molar-refractivity contribution is -0.145. The zero-order valence-electron chi connectivity index (χ0n) is 18.4. The van der Waals surface area contributed by atoms with E-state index in [9.17, 15) is 9.59 Å². The van der Waals surface area contributed by atoms with E-state index in [-0.39, 0.29) is 17.5 Å². The second kappa shape index (κ2) is 10.0. The van der Waals surface area contributed by atoms with Gasteiger partial charge in [-0.25, -0.2) is 4.79 Å². The van der Waals surface area contributed by atoms with Crippen LogP contribution in [0.1, 0.15) is 29.7 Å². The van der Waals surface area contributed by atoms with Crippen LogP contribution in [-0.2, 0) is 20.9 Å². The molecule has 0 saturated carbocycles. The van der Waals surface area contributed by atoms with Crippen molar-refractivity contribution in [1.82, 2.24) is 4.90 Å². The van der Waals surface area contributed by atoms with Crippen LogP contribution in [0.15, 0.2) is 88.9 Å². The number of hydrogen-bond donors (Lipinski definition) is 0. The Morgan fingerprint density at radius 3 is 2.42 bits per heavy atom. The van der Waals surface area contributed by atoms with E-state index in [1.807, 2.05) is 85.8 Å². The summed E-state index contributed by atoms with van der Waals surface area (Å²) in [6.07, 6.45) is 1.03. The largest absolute Gasteiger partial charge is 0.489 e. The molecule has 1 aliphatic rings. The number of benzene rings is 3. The second-order valence-electron chi connectivity index (χ2n) is 7.94. The highest BCUT2D eigenvalue weighted by Crippen LogP contribution is 2.30. The number of rotatable bonds is 5. The Balaban J connectivity index is 1.51. The van der Waals surface area contributed by atoms with Crippen LogP contribution < -0.4 is 4.74 Å². The van der Waals surface area contributed by atoms with Gasteiger partial charge in [0, 0.05) is 11.5 Å². The molecule has 1 heterocycles. The third kappa shape index (κ3) is 5.34. The number of cyclic esters (lactones) is 1. The summed E-state index contributed by atoms with van der Waals surface area (Å²) in [5.74, 6) is -0.289. The van der Waals surface area contributed by atoms with Gasteiger partial charge < -0.3 is 14.4 Å². The van der Waals surface area contributed by atoms with Gasteiger partial charge in [0.15, 0.2) is 0 Å². The summed E-state index contributed by atoms with van der Waals surface area (Å²) in [4.78, 5) is 27.5. The minimum absolute atomic E-state index is 0.00517. The molecule has 1 amide bonds. The van der Waals surface area contributed by atoms with E-state index in [0.717, 1.165) is 15.6 Å². The van der Waals surface area contributed by atoms with Crippen molar-refractivity contribution in [1.29, 1.82) is 0 Å². The van der Waals surface area contributed by atoms with Crippen LogP contribution in [0.2, 0.25) is 0 Å². The Hall–Kier alpha value is -3.38. The maximum absolute atomic E-state index is 13.0. The monoisotopic (exact) mass is 505 g/mol. The number of carbonyl (C=O) groups excluding carboxylic acids is 2. The molecule has 0 radical (unpaired) electrons. The minimum Gasteiger partial charge on any atom is -0.489 e. The Kier molecular flexibility index (Phi) is 6.94. The summed E-state index contributed by atoms with van der Waals surface area (Å²) in [5.41, 5.74) is 2.62. The number of likely N-dealkylation sites (N-methyl/N-ethyl adjacent to an activating group) is 1. The number of halogens is 1. The lowest BCUT2D eigenvalue weighted by atomic mass is 10.0. The van der Waals surface area contributed by atoms with Gasteiger partial charge in [0.05, 0.1) is 6.04 Å². The Bertz CT molecular complexity index is 1170. The molecule has 1 fully saturated rings.